The third-order valence-electron chi connectivity index (χ3n) is 3.64. The largest absolute Gasteiger partial charge is 0.337 e. The maximum atomic E-state index is 12.2. The Hall–Kier alpha value is -2.93. The van der Waals surface area contributed by atoms with Gasteiger partial charge < -0.3 is 10.6 Å². The topological polar surface area (TPSA) is 88.2 Å². The molecule has 0 bridgehead atoms. The maximum absolute atomic E-state index is 12.2. The molecule has 3 rings (SSSR count). The van der Waals surface area contributed by atoms with Crippen LogP contribution in [0.5, 0.6) is 0 Å². The summed E-state index contributed by atoms with van der Waals surface area (Å²) in [7, 11) is -3.42. The molecule has 2 N–H and O–H groups in total. The highest BCUT2D eigenvalue weighted by Crippen LogP contribution is 2.20. The van der Waals surface area contributed by atoms with Crippen molar-refractivity contribution in [3.8, 4) is 0 Å². The highest BCUT2D eigenvalue weighted by Gasteiger charge is 2.14. The van der Waals surface area contributed by atoms with Crippen LogP contribution in [0.1, 0.15) is 0 Å². The summed E-state index contributed by atoms with van der Waals surface area (Å²) in [6, 6.07) is 16.9. The van der Waals surface area contributed by atoms with E-state index in [9.17, 15) is 13.2 Å². The maximum Gasteiger partial charge on any atom is 0.319 e. The molecule has 0 fully saturated rings. The van der Waals surface area contributed by atoms with Gasteiger partial charge in [-0.15, -0.1) is 0 Å². The molecule has 6 nitrogen and oxygen atoms in total. The molecule has 0 radical (unpaired) electrons. The molecule has 0 saturated heterocycles. The number of nitrogens with one attached hydrogen (secondary N) is 2. The van der Waals surface area contributed by atoms with Gasteiger partial charge in [-0.05, 0) is 24.3 Å². The molecule has 2 amide bonds. The summed E-state index contributed by atoms with van der Waals surface area (Å²) >= 11 is 0. The van der Waals surface area contributed by atoms with Gasteiger partial charge in [-0.25, -0.2) is 13.2 Å². The van der Waals surface area contributed by atoms with Crippen LogP contribution < -0.4 is 10.6 Å². The van der Waals surface area contributed by atoms with Crippen LogP contribution in [0.25, 0.3) is 10.9 Å². The van der Waals surface area contributed by atoms with Gasteiger partial charge in [0.15, 0.2) is 9.84 Å². The number of carbonyl (C=O) groups is 1. The molecule has 1 heterocycles. The molecule has 128 valence electrons. The SMILES string of the molecule is O=C(NCCS(=O)(=O)c1ccccc1)Nc1cccc2cccnc12. The van der Waals surface area contributed by atoms with Gasteiger partial charge in [0.1, 0.15) is 0 Å². The minimum absolute atomic E-state index is 0.0151. The zero-order valence-electron chi connectivity index (χ0n) is 13.3. The highest BCUT2D eigenvalue weighted by atomic mass is 32.2. The van der Waals surface area contributed by atoms with Crippen LogP contribution >= 0.6 is 0 Å². The number of para-hydroxylation sites is 1. The number of carbonyl (C=O) groups excluding carboxylic acids is 1. The lowest BCUT2D eigenvalue weighted by atomic mass is 10.2. The van der Waals surface area contributed by atoms with E-state index in [1.54, 1.807) is 30.5 Å². The van der Waals surface area contributed by atoms with Gasteiger partial charge in [0.25, 0.3) is 0 Å². The molecule has 0 aliphatic heterocycles. The summed E-state index contributed by atoms with van der Waals surface area (Å²) in [6.45, 7) is 0.0151. The van der Waals surface area contributed by atoms with E-state index >= 15 is 0 Å². The van der Waals surface area contributed by atoms with Crippen molar-refractivity contribution in [2.45, 2.75) is 4.90 Å². The summed E-state index contributed by atoms with van der Waals surface area (Å²) in [5.41, 5.74) is 1.25. The van der Waals surface area contributed by atoms with Gasteiger partial charge in [-0.2, -0.15) is 0 Å². The first-order valence-corrected chi connectivity index (χ1v) is 9.38. The van der Waals surface area contributed by atoms with E-state index in [4.69, 9.17) is 0 Å². The fourth-order valence-corrected chi connectivity index (χ4v) is 3.59. The molecule has 0 aliphatic rings. The number of pyridine rings is 1. The molecule has 0 unspecified atom stereocenters. The summed E-state index contributed by atoms with van der Waals surface area (Å²) in [5, 5.41) is 6.18. The van der Waals surface area contributed by atoms with Gasteiger partial charge in [0.2, 0.25) is 0 Å². The van der Waals surface area contributed by atoms with Crippen LogP contribution in [0.15, 0.2) is 71.8 Å². The Labute approximate surface area is 145 Å². The van der Waals surface area contributed by atoms with Crippen LogP contribution in [0, 0.1) is 0 Å². The Bertz CT molecular complexity index is 983. The van der Waals surface area contributed by atoms with Crippen LogP contribution in [0.3, 0.4) is 0 Å². The van der Waals surface area contributed by atoms with Crippen molar-refractivity contribution in [2.24, 2.45) is 0 Å². The Morgan fingerprint density at radius 1 is 0.960 bits per heavy atom. The number of hydrogen-bond donors (Lipinski definition) is 2. The Morgan fingerprint density at radius 3 is 2.52 bits per heavy atom. The molecule has 25 heavy (non-hydrogen) atoms. The highest BCUT2D eigenvalue weighted by molar-refractivity contribution is 7.91. The number of sulfone groups is 1. The Balaban J connectivity index is 1.60. The van der Waals surface area contributed by atoms with E-state index in [1.165, 1.54) is 12.1 Å². The molecule has 7 heteroatoms. The third-order valence-corrected chi connectivity index (χ3v) is 5.37. The standard InChI is InChI=1S/C18H17N3O3S/c22-18(20-12-13-25(23,24)15-8-2-1-3-9-15)21-16-10-4-6-14-7-5-11-19-17(14)16/h1-11H,12-13H2,(H2,20,21,22). The summed E-state index contributed by atoms with van der Waals surface area (Å²) in [6.07, 6.45) is 1.65. The number of hydrogen-bond acceptors (Lipinski definition) is 4. The first kappa shape index (κ1) is 16.9. The van der Waals surface area contributed by atoms with Crippen molar-refractivity contribution in [2.75, 3.05) is 17.6 Å². The Morgan fingerprint density at radius 2 is 1.72 bits per heavy atom. The first-order chi connectivity index (χ1) is 12.1. The lowest BCUT2D eigenvalue weighted by Crippen LogP contribution is -2.32. The summed E-state index contributed by atoms with van der Waals surface area (Å²) in [5.74, 6) is -0.168. The summed E-state index contributed by atoms with van der Waals surface area (Å²) < 4.78 is 24.3. The van der Waals surface area contributed by atoms with Crippen molar-refractivity contribution in [1.29, 1.82) is 0 Å². The smallest absolute Gasteiger partial charge is 0.319 e. The lowest BCUT2D eigenvalue weighted by molar-refractivity contribution is 0.252. The van der Waals surface area contributed by atoms with Crippen LogP contribution in [-0.2, 0) is 9.84 Å². The lowest BCUT2D eigenvalue weighted by Gasteiger charge is -2.10. The zero-order valence-corrected chi connectivity index (χ0v) is 14.2. The summed E-state index contributed by atoms with van der Waals surface area (Å²) in [4.78, 5) is 16.5. The number of nitrogens with zero attached hydrogens (tertiary/aromatic N) is 1. The minimum Gasteiger partial charge on any atom is -0.337 e. The van der Waals surface area contributed by atoms with Crippen molar-refractivity contribution in [1.82, 2.24) is 10.3 Å². The van der Waals surface area contributed by atoms with E-state index in [1.807, 2.05) is 24.3 Å². The van der Waals surface area contributed by atoms with E-state index in [0.29, 0.717) is 11.2 Å². The van der Waals surface area contributed by atoms with Crippen LogP contribution in [-0.4, -0.2) is 31.7 Å². The van der Waals surface area contributed by atoms with Gasteiger partial charge >= 0.3 is 6.03 Å². The number of benzene rings is 2. The number of anilines is 1. The van der Waals surface area contributed by atoms with Crippen molar-refractivity contribution >= 4 is 32.5 Å². The Kier molecular flexibility index (Phi) is 4.95. The van der Waals surface area contributed by atoms with Gasteiger partial charge in [0.05, 0.1) is 21.9 Å². The molecule has 2 aromatic carbocycles. The number of amides is 2. The quantitative estimate of drug-likeness (QED) is 0.737. The molecular weight excluding hydrogens is 338 g/mol. The van der Waals surface area contributed by atoms with E-state index in [2.05, 4.69) is 15.6 Å². The monoisotopic (exact) mass is 355 g/mol. The molecule has 0 aliphatic carbocycles. The predicted molar refractivity (Wildman–Crippen MR) is 97.3 cm³/mol. The second-order valence-corrected chi connectivity index (χ2v) is 7.50. The molecule has 3 aromatic rings. The number of urea groups is 1. The van der Waals surface area contributed by atoms with Crippen LogP contribution in [0.2, 0.25) is 0 Å². The molecule has 0 saturated carbocycles. The molecule has 1 aromatic heterocycles. The average Bonchev–Trinajstić information content (AvgIpc) is 2.63. The molecule has 0 atom stereocenters. The molecular formula is C18H17N3O3S. The van der Waals surface area contributed by atoms with Crippen molar-refractivity contribution in [3.05, 3.63) is 66.9 Å². The third kappa shape index (κ3) is 4.13. The van der Waals surface area contributed by atoms with E-state index < -0.39 is 15.9 Å². The van der Waals surface area contributed by atoms with Crippen LogP contribution in [0.4, 0.5) is 10.5 Å². The van der Waals surface area contributed by atoms with E-state index in [0.717, 1.165) is 5.39 Å². The normalized spacial score (nSPS) is 11.2. The van der Waals surface area contributed by atoms with Gasteiger partial charge in [-0.3, -0.25) is 4.98 Å². The second kappa shape index (κ2) is 7.31. The zero-order chi connectivity index (χ0) is 17.7. The fourth-order valence-electron chi connectivity index (χ4n) is 2.42. The molecule has 0 spiro atoms. The predicted octanol–water partition coefficient (Wildman–Crippen LogP) is 2.83. The average molecular weight is 355 g/mol. The number of aromatic nitrogens is 1. The van der Waals surface area contributed by atoms with Crippen molar-refractivity contribution < 1.29 is 13.2 Å². The van der Waals surface area contributed by atoms with Crippen molar-refractivity contribution in [3.63, 3.8) is 0 Å². The fraction of sp³-hybridized carbons (Fsp3) is 0.111. The number of rotatable bonds is 5. The minimum atomic E-state index is -3.42. The first-order valence-electron chi connectivity index (χ1n) is 7.73. The van der Waals surface area contributed by atoms with Gasteiger partial charge in [0, 0.05) is 18.1 Å². The number of fused-ring (bicyclic) bond motifs is 1. The van der Waals surface area contributed by atoms with E-state index in [-0.39, 0.29) is 17.2 Å². The van der Waals surface area contributed by atoms with Gasteiger partial charge in [-0.1, -0.05) is 36.4 Å². The second-order valence-electron chi connectivity index (χ2n) is 5.39.